The highest BCUT2D eigenvalue weighted by Gasteiger charge is 2.33. The van der Waals surface area contributed by atoms with Crippen molar-refractivity contribution in [3.05, 3.63) is 59.3 Å². The van der Waals surface area contributed by atoms with Gasteiger partial charge in [-0.2, -0.15) is 0 Å². The maximum Gasteiger partial charge on any atom is 0.171 e. The summed E-state index contributed by atoms with van der Waals surface area (Å²) in [5.74, 6) is 0.362. The van der Waals surface area contributed by atoms with Gasteiger partial charge in [0.2, 0.25) is 0 Å². The number of aromatic nitrogens is 1. The Kier molecular flexibility index (Phi) is 5.16. The number of anilines is 1. The number of pyridine rings is 1. The van der Waals surface area contributed by atoms with E-state index in [1.54, 1.807) is 0 Å². The standard InChI is InChI=1S/C25H26F2N2O2/c1-3-4-18-7-6-16-11-17(26)12-21(27)24(16)29(18)13-19-14-30-23-10-9-22-20(25(23)31-19)8-5-15(2)28-22/h5,8-12,18-19H,3-4,6-7,13-14H2,1-2H3/t18?,19-/m0/s1. The summed E-state index contributed by atoms with van der Waals surface area (Å²) in [5, 5.41) is 0.908. The number of ether oxygens (including phenoxy) is 2. The molecular formula is C25H26F2N2O2. The van der Waals surface area contributed by atoms with Gasteiger partial charge in [-0.05, 0) is 62.1 Å². The van der Waals surface area contributed by atoms with Crippen molar-refractivity contribution in [2.45, 2.75) is 51.7 Å². The summed E-state index contributed by atoms with van der Waals surface area (Å²) in [5.41, 5.74) is 3.04. The van der Waals surface area contributed by atoms with Gasteiger partial charge >= 0.3 is 0 Å². The highest BCUT2D eigenvalue weighted by molar-refractivity contribution is 5.88. The summed E-state index contributed by atoms with van der Waals surface area (Å²) in [6.07, 6.45) is 3.24. The Morgan fingerprint density at radius 3 is 2.87 bits per heavy atom. The Morgan fingerprint density at radius 2 is 2.03 bits per heavy atom. The molecule has 1 aromatic heterocycles. The number of benzene rings is 2. The highest BCUT2D eigenvalue weighted by Crippen LogP contribution is 2.40. The molecule has 0 fully saturated rings. The molecule has 0 aliphatic carbocycles. The van der Waals surface area contributed by atoms with Gasteiger partial charge in [0.15, 0.2) is 17.6 Å². The fourth-order valence-electron chi connectivity index (χ4n) is 4.85. The van der Waals surface area contributed by atoms with Crippen LogP contribution in [0.1, 0.15) is 37.4 Å². The molecule has 4 nitrogen and oxygen atoms in total. The Labute approximate surface area is 180 Å². The van der Waals surface area contributed by atoms with E-state index in [0.29, 0.717) is 36.8 Å². The molecule has 0 bridgehead atoms. The Morgan fingerprint density at radius 1 is 1.16 bits per heavy atom. The van der Waals surface area contributed by atoms with Crippen LogP contribution in [-0.2, 0) is 6.42 Å². The number of hydrogen-bond donors (Lipinski definition) is 0. The lowest BCUT2D eigenvalue weighted by Crippen LogP contribution is -2.48. The second-order valence-corrected chi connectivity index (χ2v) is 8.49. The monoisotopic (exact) mass is 424 g/mol. The van der Waals surface area contributed by atoms with Crippen molar-refractivity contribution in [1.82, 2.24) is 4.98 Å². The number of nitrogens with zero attached hydrogens (tertiary/aromatic N) is 2. The Hall–Kier alpha value is -2.89. The van der Waals surface area contributed by atoms with E-state index in [-0.39, 0.29) is 12.1 Å². The van der Waals surface area contributed by atoms with Gasteiger partial charge in [-0.25, -0.2) is 8.78 Å². The molecule has 3 aromatic rings. The van der Waals surface area contributed by atoms with Gasteiger partial charge in [0.1, 0.15) is 18.2 Å². The first-order valence-corrected chi connectivity index (χ1v) is 11.0. The predicted molar refractivity (Wildman–Crippen MR) is 117 cm³/mol. The molecule has 0 saturated heterocycles. The first kappa shape index (κ1) is 20.0. The fraction of sp³-hybridized carbons (Fsp3) is 0.400. The molecule has 0 radical (unpaired) electrons. The molecule has 2 atom stereocenters. The van der Waals surface area contributed by atoms with Gasteiger partial charge in [-0.15, -0.1) is 0 Å². The van der Waals surface area contributed by atoms with Gasteiger partial charge < -0.3 is 14.4 Å². The maximum absolute atomic E-state index is 14.9. The molecule has 2 aromatic carbocycles. The molecule has 5 rings (SSSR count). The van der Waals surface area contributed by atoms with Crippen LogP contribution in [0, 0.1) is 18.6 Å². The summed E-state index contributed by atoms with van der Waals surface area (Å²) in [6.45, 7) is 4.95. The molecule has 6 heteroatoms. The summed E-state index contributed by atoms with van der Waals surface area (Å²) >= 11 is 0. The van der Waals surface area contributed by atoms with Gasteiger partial charge in [0, 0.05) is 23.2 Å². The first-order valence-electron chi connectivity index (χ1n) is 11.0. The third-order valence-corrected chi connectivity index (χ3v) is 6.24. The summed E-state index contributed by atoms with van der Waals surface area (Å²) in [7, 11) is 0. The molecule has 0 spiro atoms. The average Bonchev–Trinajstić information content (AvgIpc) is 2.74. The molecule has 2 aliphatic rings. The zero-order chi connectivity index (χ0) is 21.5. The van der Waals surface area contributed by atoms with Crippen LogP contribution in [0.25, 0.3) is 10.9 Å². The van der Waals surface area contributed by atoms with E-state index in [4.69, 9.17) is 9.47 Å². The molecule has 3 heterocycles. The number of halogens is 2. The first-order chi connectivity index (χ1) is 15.0. The van der Waals surface area contributed by atoms with Crippen molar-refractivity contribution in [2.24, 2.45) is 0 Å². The van der Waals surface area contributed by atoms with E-state index in [0.717, 1.165) is 47.5 Å². The SMILES string of the molecule is CCCC1CCc2cc(F)cc(F)c2N1C[C@H]1COc2ccc3nc(C)ccc3c2O1. The second-order valence-electron chi connectivity index (χ2n) is 8.49. The van der Waals surface area contributed by atoms with Crippen molar-refractivity contribution in [2.75, 3.05) is 18.1 Å². The van der Waals surface area contributed by atoms with Crippen LogP contribution in [0.3, 0.4) is 0 Å². The number of aryl methyl sites for hydroxylation is 2. The van der Waals surface area contributed by atoms with Crippen molar-refractivity contribution in [3.63, 3.8) is 0 Å². The van der Waals surface area contributed by atoms with Crippen molar-refractivity contribution in [1.29, 1.82) is 0 Å². The minimum atomic E-state index is -0.523. The van der Waals surface area contributed by atoms with E-state index in [1.165, 1.54) is 6.07 Å². The third-order valence-electron chi connectivity index (χ3n) is 6.24. The van der Waals surface area contributed by atoms with Gasteiger partial charge in [-0.3, -0.25) is 4.98 Å². The van der Waals surface area contributed by atoms with Crippen LogP contribution in [0.2, 0.25) is 0 Å². The maximum atomic E-state index is 14.9. The summed E-state index contributed by atoms with van der Waals surface area (Å²) in [4.78, 5) is 6.65. The van der Waals surface area contributed by atoms with Gasteiger partial charge in [-0.1, -0.05) is 13.3 Å². The van der Waals surface area contributed by atoms with Crippen LogP contribution in [0.5, 0.6) is 11.5 Å². The summed E-state index contributed by atoms with van der Waals surface area (Å²) in [6, 6.07) is 10.4. The van der Waals surface area contributed by atoms with E-state index in [9.17, 15) is 8.78 Å². The van der Waals surface area contributed by atoms with Gasteiger partial charge in [0.25, 0.3) is 0 Å². The number of fused-ring (bicyclic) bond motifs is 4. The van der Waals surface area contributed by atoms with Crippen molar-refractivity contribution < 1.29 is 18.3 Å². The fourth-order valence-corrected chi connectivity index (χ4v) is 4.85. The molecule has 0 saturated carbocycles. The highest BCUT2D eigenvalue weighted by atomic mass is 19.1. The topological polar surface area (TPSA) is 34.6 Å². The Bertz CT molecular complexity index is 1130. The molecule has 0 amide bonds. The van der Waals surface area contributed by atoms with E-state index >= 15 is 0 Å². The largest absolute Gasteiger partial charge is 0.486 e. The van der Waals surface area contributed by atoms with Crippen molar-refractivity contribution >= 4 is 16.6 Å². The van der Waals surface area contributed by atoms with Crippen molar-refractivity contribution in [3.8, 4) is 11.5 Å². The van der Waals surface area contributed by atoms with E-state index in [1.807, 2.05) is 31.2 Å². The molecule has 1 unspecified atom stereocenters. The molecule has 31 heavy (non-hydrogen) atoms. The van der Waals surface area contributed by atoms with Crippen LogP contribution >= 0.6 is 0 Å². The molecule has 0 N–H and O–H groups in total. The molecule has 2 aliphatic heterocycles. The number of hydrogen-bond acceptors (Lipinski definition) is 4. The lowest BCUT2D eigenvalue weighted by Gasteiger charge is -2.41. The average molecular weight is 424 g/mol. The zero-order valence-electron chi connectivity index (χ0n) is 17.8. The predicted octanol–water partition coefficient (Wildman–Crippen LogP) is 5.58. The van der Waals surface area contributed by atoms with Crippen LogP contribution in [0.4, 0.5) is 14.5 Å². The smallest absolute Gasteiger partial charge is 0.171 e. The van der Waals surface area contributed by atoms with E-state index in [2.05, 4.69) is 16.8 Å². The quantitative estimate of drug-likeness (QED) is 0.547. The molecule has 162 valence electrons. The Balaban J connectivity index is 1.47. The zero-order valence-corrected chi connectivity index (χ0v) is 17.8. The normalized spacial score (nSPS) is 20.1. The van der Waals surface area contributed by atoms with Gasteiger partial charge in [0.05, 0.1) is 17.7 Å². The third kappa shape index (κ3) is 3.68. The minimum absolute atomic E-state index is 0.194. The molecular weight excluding hydrogens is 398 g/mol. The lowest BCUT2D eigenvalue weighted by molar-refractivity contribution is 0.0950. The second kappa shape index (κ2) is 7.98. The lowest BCUT2D eigenvalue weighted by atomic mass is 9.92. The summed E-state index contributed by atoms with van der Waals surface area (Å²) < 4.78 is 41.1. The minimum Gasteiger partial charge on any atom is -0.486 e. The number of rotatable bonds is 4. The van der Waals surface area contributed by atoms with Crippen LogP contribution in [0.15, 0.2) is 36.4 Å². The van der Waals surface area contributed by atoms with Crippen LogP contribution in [-0.4, -0.2) is 30.3 Å². The van der Waals surface area contributed by atoms with E-state index < -0.39 is 11.6 Å². The van der Waals surface area contributed by atoms with Crippen LogP contribution < -0.4 is 14.4 Å².